The van der Waals surface area contributed by atoms with Crippen LogP contribution in [0.5, 0.6) is 0 Å². The van der Waals surface area contributed by atoms with Crippen molar-refractivity contribution in [2.75, 3.05) is 0 Å². The molecule has 0 aromatic rings. The lowest BCUT2D eigenvalue weighted by atomic mass is 9.53. The van der Waals surface area contributed by atoms with Gasteiger partial charge in [0.25, 0.3) is 5.79 Å². The van der Waals surface area contributed by atoms with Crippen molar-refractivity contribution in [1.29, 1.82) is 0 Å². The molecule has 0 aromatic carbocycles. The molecule has 4 aliphatic carbocycles. The zero-order valence-corrected chi connectivity index (χ0v) is 16.6. The van der Waals surface area contributed by atoms with Crippen LogP contribution in [0.1, 0.15) is 78.6 Å². The molecule has 4 rings (SSSR count). The van der Waals surface area contributed by atoms with Crippen molar-refractivity contribution in [2.24, 2.45) is 23.2 Å². The number of carbonyl (C=O) groups is 3. The van der Waals surface area contributed by atoms with Crippen LogP contribution in [0.25, 0.3) is 0 Å². The molecule has 0 spiro atoms. The fraction of sp³-hybridized carbons (Fsp3) is 0.773. The summed E-state index contributed by atoms with van der Waals surface area (Å²) in [5, 5.41) is 0. The summed E-state index contributed by atoms with van der Waals surface area (Å²) in [7, 11) is 0. The lowest BCUT2D eigenvalue weighted by Gasteiger charge is -2.53. The molecule has 2 fully saturated rings. The average Bonchev–Trinajstić information content (AvgIpc) is 2.96. The van der Waals surface area contributed by atoms with E-state index in [2.05, 4.69) is 6.92 Å². The van der Waals surface area contributed by atoms with Crippen LogP contribution in [0.3, 0.4) is 0 Å². The van der Waals surface area contributed by atoms with E-state index in [0.717, 1.165) is 24.0 Å². The number of carbonyl (C=O) groups excluding carboxylic acids is 3. The van der Waals surface area contributed by atoms with Crippen LogP contribution < -0.4 is 0 Å². The second-order valence-corrected chi connectivity index (χ2v) is 9.28. The quantitative estimate of drug-likeness (QED) is 0.538. The number of fused-ring (bicyclic) bond motifs is 4. The van der Waals surface area contributed by atoms with Crippen LogP contribution >= 0.6 is 0 Å². The van der Waals surface area contributed by atoms with Gasteiger partial charge in [-0.15, -0.1) is 0 Å². The monoisotopic (exact) mass is 374 g/mol. The number of esters is 2. The van der Waals surface area contributed by atoms with Gasteiger partial charge in [0, 0.05) is 37.8 Å². The Kier molecular flexibility index (Phi) is 4.47. The van der Waals surface area contributed by atoms with Crippen LogP contribution in [0, 0.1) is 23.2 Å². The van der Waals surface area contributed by atoms with E-state index in [9.17, 15) is 14.4 Å². The summed E-state index contributed by atoms with van der Waals surface area (Å²) in [4.78, 5) is 37.0. The highest BCUT2D eigenvalue weighted by atomic mass is 16.7. The van der Waals surface area contributed by atoms with Crippen molar-refractivity contribution in [3.05, 3.63) is 11.1 Å². The Bertz CT molecular complexity index is 704. The van der Waals surface area contributed by atoms with Gasteiger partial charge in [-0.3, -0.25) is 14.4 Å². The summed E-state index contributed by atoms with van der Waals surface area (Å²) in [6.07, 6.45) is 8.16. The summed E-state index contributed by atoms with van der Waals surface area (Å²) in [5.74, 6) is -1.16. The number of hydrogen-bond donors (Lipinski definition) is 0. The average molecular weight is 374 g/mol. The van der Waals surface area contributed by atoms with Gasteiger partial charge in [0.1, 0.15) is 0 Å². The molecule has 0 aliphatic heterocycles. The van der Waals surface area contributed by atoms with Gasteiger partial charge < -0.3 is 9.47 Å². The summed E-state index contributed by atoms with van der Waals surface area (Å²) in [6, 6.07) is 0. The van der Waals surface area contributed by atoms with E-state index in [-0.39, 0.29) is 17.6 Å². The van der Waals surface area contributed by atoms with E-state index >= 15 is 0 Å². The first-order valence-corrected chi connectivity index (χ1v) is 10.4. The number of ketones is 1. The summed E-state index contributed by atoms with van der Waals surface area (Å²) >= 11 is 0. The SMILES string of the molecule is CC(=O)OC1(OC(C)=O)CCCC2=C1[C@H]1CC[C@]3(C)CCC[C@H]3[C@@H]1CC2=O. The van der Waals surface area contributed by atoms with Gasteiger partial charge in [-0.2, -0.15) is 0 Å². The molecular weight excluding hydrogens is 344 g/mol. The second-order valence-electron chi connectivity index (χ2n) is 9.28. The zero-order chi connectivity index (χ0) is 19.4. The van der Waals surface area contributed by atoms with Crippen molar-refractivity contribution >= 4 is 17.7 Å². The molecule has 0 aromatic heterocycles. The van der Waals surface area contributed by atoms with Gasteiger partial charge >= 0.3 is 11.9 Å². The highest BCUT2D eigenvalue weighted by Crippen LogP contribution is 2.62. The van der Waals surface area contributed by atoms with Crippen molar-refractivity contribution in [1.82, 2.24) is 0 Å². The minimum atomic E-state index is -1.38. The van der Waals surface area contributed by atoms with E-state index in [1.807, 2.05) is 0 Å². The van der Waals surface area contributed by atoms with Gasteiger partial charge in [-0.1, -0.05) is 13.3 Å². The highest BCUT2D eigenvalue weighted by molar-refractivity contribution is 5.98. The fourth-order valence-corrected chi connectivity index (χ4v) is 6.75. The Hall–Kier alpha value is -1.65. The molecule has 27 heavy (non-hydrogen) atoms. The number of hydrogen-bond acceptors (Lipinski definition) is 5. The number of allylic oxidation sites excluding steroid dienone is 1. The number of rotatable bonds is 2. The van der Waals surface area contributed by atoms with E-state index in [4.69, 9.17) is 9.47 Å². The zero-order valence-electron chi connectivity index (χ0n) is 16.6. The lowest BCUT2D eigenvalue weighted by Crippen LogP contribution is -2.52. The molecule has 5 nitrogen and oxygen atoms in total. The summed E-state index contributed by atoms with van der Waals surface area (Å²) < 4.78 is 11.4. The van der Waals surface area contributed by atoms with Crippen LogP contribution in [0.2, 0.25) is 0 Å². The van der Waals surface area contributed by atoms with E-state index in [1.54, 1.807) is 0 Å². The molecule has 0 unspecified atom stereocenters. The molecule has 148 valence electrons. The smallest absolute Gasteiger partial charge is 0.306 e. The molecule has 2 saturated carbocycles. The molecule has 4 aliphatic rings. The van der Waals surface area contributed by atoms with Crippen molar-refractivity contribution in [3.63, 3.8) is 0 Å². The Labute approximate surface area is 160 Å². The summed E-state index contributed by atoms with van der Waals surface area (Å²) in [6.45, 7) is 5.07. The van der Waals surface area contributed by atoms with Crippen LogP contribution in [-0.2, 0) is 23.9 Å². The van der Waals surface area contributed by atoms with E-state index in [1.165, 1.54) is 33.1 Å². The predicted molar refractivity (Wildman–Crippen MR) is 98.4 cm³/mol. The third-order valence-electron chi connectivity index (χ3n) is 7.63. The Balaban J connectivity index is 1.81. The first-order chi connectivity index (χ1) is 12.8. The minimum Gasteiger partial charge on any atom is -0.418 e. The lowest BCUT2D eigenvalue weighted by molar-refractivity contribution is -0.221. The van der Waals surface area contributed by atoms with Crippen LogP contribution in [0.15, 0.2) is 11.1 Å². The molecule has 0 radical (unpaired) electrons. The fourth-order valence-electron chi connectivity index (χ4n) is 6.75. The predicted octanol–water partition coefficient (Wildman–Crippen LogP) is 4.09. The molecule has 0 N–H and O–H groups in total. The minimum absolute atomic E-state index is 0.172. The molecular formula is C22H30O5. The standard InChI is InChI=1S/C22H30O5/c1-13(23)26-22(27-14(2)24)10-4-6-16-19(25)12-17-15(20(16)22)8-11-21(3)9-5-7-18(17)21/h15,17-18H,4-12H2,1-3H3/t15-,17+,18-,21-/m0/s1. The maximum absolute atomic E-state index is 13.1. The van der Waals surface area contributed by atoms with Gasteiger partial charge in [0.15, 0.2) is 5.78 Å². The third-order valence-corrected chi connectivity index (χ3v) is 7.63. The molecule has 0 saturated heterocycles. The highest BCUT2D eigenvalue weighted by Gasteiger charge is 2.58. The normalized spacial score (nSPS) is 37.1. The Morgan fingerprint density at radius 2 is 1.70 bits per heavy atom. The number of Topliss-reactive ketones (excluding diaryl/α,β-unsaturated/α-hetero) is 1. The molecule has 0 heterocycles. The Morgan fingerprint density at radius 3 is 2.37 bits per heavy atom. The summed E-state index contributed by atoms with van der Waals surface area (Å²) in [5.41, 5.74) is 1.92. The van der Waals surface area contributed by atoms with Crippen LogP contribution in [0.4, 0.5) is 0 Å². The molecule has 0 amide bonds. The van der Waals surface area contributed by atoms with Crippen molar-refractivity contribution in [3.8, 4) is 0 Å². The maximum Gasteiger partial charge on any atom is 0.306 e. The van der Waals surface area contributed by atoms with Gasteiger partial charge in [0.05, 0.1) is 0 Å². The van der Waals surface area contributed by atoms with E-state index in [0.29, 0.717) is 37.0 Å². The van der Waals surface area contributed by atoms with E-state index < -0.39 is 17.7 Å². The molecule has 4 atom stereocenters. The largest absolute Gasteiger partial charge is 0.418 e. The third kappa shape index (κ3) is 2.94. The van der Waals surface area contributed by atoms with Crippen LogP contribution in [-0.4, -0.2) is 23.5 Å². The van der Waals surface area contributed by atoms with Crippen molar-refractivity contribution < 1.29 is 23.9 Å². The van der Waals surface area contributed by atoms with Gasteiger partial charge in [-0.25, -0.2) is 0 Å². The Morgan fingerprint density at radius 1 is 1.00 bits per heavy atom. The van der Waals surface area contributed by atoms with Gasteiger partial charge in [0.2, 0.25) is 0 Å². The number of ether oxygens (including phenoxy) is 2. The first-order valence-electron chi connectivity index (χ1n) is 10.4. The topological polar surface area (TPSA) is 69.7 Å². The molecule has 5 heteroatoms. The maximum atomic E-state index is 13.1. The second kappa shape index (κ2) is 6.46. The van der Waals surface area contributed by atoms with Gasteiger partial charge in [-0.05, 0) is 61.7 Å². The molecule has 0 bridgehead atoms. The first kappa shape index (κ1) is 18.7. The van der Waals surface area contributed by atoms with Crippen molar-refractivity contribution in [2.45, 2.75) is 84.3 Å².